The Morgan fingerprint density at radius 2 is 2.04 bits per heavy atom. The molecule has 2 atom stereocenters. The molecular formula is C19H24BrIN6O. The van der Waals surface area contributed by atoms with Crippen molar-refractivity contribution in [3.05, 3.63) is 46.7 Å². The van der Waals surface area contributed by atoms with Gasteiger partial charge in [-0.2, -0.15) is 5.10 Å². The number of anilines is 1. The summed E-state index contributed by atoms with van der Waals surface area (Å²) in [5.41, 5.74) is 2.19. The molecule has 1 amide bonds. The molecule has 7 nitrogen and oxygen atoms in total. The Labute approximate surface area is 190 Å². The van der Waals surface area contributed by atoms with Gasteiger partial charge in [0.15, 0.2) is 5.96 Å². The van der Waals surface area contributed by atoms with Crippen LogP contribution >= 0.6 is 39.9 Å². The van der Waals surface area contributed by atoms with E-state index in [0.717, 1.165) is 29.1 Å². The standard InChI is InChI=1S/C19H23BrN6O.HI/c1-21-19(23-17-9-16(17)13-3-5-14(20)6-4-13)25-7-8-26(18(27)12-25)15-10-22-24(2)11-15;/h3-6,10-11,16-17H,7-9,12H2,1-2H3,(H,21,23);1H. The van der Waals surface area contributed by atoms with E-state index in [1.807, 2.05) is 18.1 Å². The molecule has 4 rings (SSSR count). The number of aliphatic imine (C=N–C) groups is 1. The number of benzene rings is 1. The highest BCUT2D eigenvalue weighted by Gasteiger charge is 2.40. The Bertz CT molecular complexity index is 868. The van der Waals surface area contributed by atoms with Crippen LogP contribution in [0.15, 0.2) is 46.1 Å². The van der Waals surface area contributed by atoms with Gasteiger partial charge in [0.05, 0.1) is 11.9 Å². The lowest BCUT2D eigenvalue weighted by atomic mass is 10.1. The maximum atomic E-state index is 12.6. The van der Waals surface area contributed by atoms with Crippen LogP contribution in [0.3, 0.4) is 0 Å². The summed E-state index contributed by atoms with van der Waals surface area (Å²) in [6, 6.07) is 8.85. The number of nitrogens with zero attached hydrogens (tertiary/aromatic N) is 5. The number of halogens is 2. The van der Waals surface area contributed by atoms with E-state index in [9.17, 15) is 4.79 Å². The highest BCUT2D eigenvalue weighted by Crippen LogP contribution is 2.41. The molecule has 1 aliphatic carbocycles. The van der Waals surface area contributed by atoms with E-state index in [-0.39, 0.29) is 29.9 Å². The molecule has 1 aromatic heterocycles. The van der Waals surface area contributed by atoms with Gasteiger partial charge in [0, 0.05) is 49.8 Å². The molecular weight excluding hydrogens is 535 g/mol. The summed E-state index contributed by atoms with van der Waals surface area (Å²) in [4.78, 5) is 20.8. The summed E-state index contributed by atoms with van der Waals surface area (Å²) < 4.78 is 2.81. The molecule has 2 aliphatic rings. The van der Waals surface area contributed by atoms with Gasteiger partial charge in [-0.15, -0.1) is 24.0 Å². The lowest BCUT2D eigenvalue weighted by Crippen LogP contribution is -2.55. The van der Waals surface area contributed by atoms with E-state index >= 15 is 0 Å². The van der Waals surface area contributed by atoms with Crippen LogP contribution in [0.4, 0.5) is 5.69 Å². The molecule has 28 heavy (non-hydrogen) atoms. The minimum absolute atomic E-state index is 0. The summed E-state index contributed by atoms with van der Waals surface area (Å²) in [5.74, 6) is 1.37. The minimum atomic E-state index is 0. The van der Waals surface area contributed by atoms with Gasteiger partial charge in [0.2, 0.25) is 5.91 Å². The smallest absolute Gasteiger partial charge is 0.246 e. The van der Waals surface area contributed by atoms with Crippen molar-refractivity contribution in [3.63, 3.8) is 0 Å². The molecule has 2 fully saturated rings. The fourth-order valence-electron chi connectivity index (χ4n) is 3.57. The van der Waals surface area contributed by atoms with Gasteiger partial charge in [-0.1, -0.05) is 28.1 Å². The average Bonchev–Trinajstić information content (AvgIpc) is 3.30. The first-order chi connectivity index (χ1) is 13.0. The zero-order chi connectivity index (χ0) is 19.0. The number of hydrogen-bond acceptors (Lipinski definition) is 3. The Morgan fingerprint density at radius 3 is 2.64 bits per heavy atom. The van der Waals surface area contributed by atoms with Gasteiger partial charge in [0.25, 0.3) is 0 Å². The second-order valence-corrected chi connectivity index (χ2v) is 7.95. The lowest BCUT2D eigenvalue weighted by molar-refractivity contribution is -0.120. The number of aromatic nitrogens is 2. The topological polar surface area (TPSA) is 65.8 Å². The first-order valence-corrected chi connectivity index (χ1v) is 9.87. The van der Waals surface area contributed by atoms with Crippen LogP contribution in [0, 0.1) is 0 Å². The zero-order valence-corrected chi connectivity index (χ0v) is 19.8. The van der Waals surface area contributed by atoms with Crippen molar-refractivity contribution in [2.75, 3.05) is 31.6 Å². The Balaban J connectivity index is 0.00000225. The van der Waals surface area contributed by atoms with Crippen molar-refractivity contribution in [1.29, 1.82) is 0 Å². The molecule has 2 aromatic rings. The quantitative estimate of drug-likeness (QED) is 0.357. The third-order valence-corrected chi connectivity index (χ3v) is 5.67. The van der Waals surface area contributed by atoms with Gasteiger partial charge in [-0.05, 0) is 24.1 Å². The van der Waals surface area contributed by atoms with Crippen LogP contribution < -0.4 is 10.2 Å². The Kier molecular flexibility index (Phi) is 6.64. The molecule has 1 aromatic carbocycles. The van der Waals surface area contributed by atoms with Gasteiger partial charge in [0.1, 0.15) is 6.54 Å². The number of carbonyl (C=O) groups is 1. The second kappa shape index (κ2) is 8.81. The number of guanidine groups is 1. The van der Waals surface area contributed by atoms with Crippen LogP contribution in [0.25, 0.3) is 0 Å². The van der Waals surface area contributed by atoms with E-state index in [2.05, 4.69) is 55.6 Å². The number of amides is 1. The van der Waals surface area contributed by atoms with Crippen molar-refractivity contribution in [2.45, 2.75) is 18.4 Å². The number of aryl methyl sites for hydroxylation is 1. The van der Waals surface area contributed by atoms with Crippen LogP contribution in [0.5, 0.6) is 0 Å². The fraction of sp³-hybridized carbons (Fsp3) is 0.421. The Morgan fingerprint density at radius 1 is 1.29 bits per heavy atom. The molecule has 0 spiro atoms. The predicted molar refractivity (Wildman–Crippen MR) is 124 cm³/mol. The van der Waals surface area contributed by atoms with Crippen LogP contribution in [-0.2, 0) is 11.8 Å². The van der Waals surface area contributed by atoms with E-state index in [1.54, 1.807) is 22.8 Å². The molecule has 9 heteroatoms. The third kappa shape index (κ3) is 4.51. The minimum Gasteiger partial charge on any atom is -0.353 e. The molecule has 1 N–H and O–H groups in total. The first-order valence-electron chi connectivity index (χ1n) is 9.08. The first kappa shape index (κ1) is 21.1. The van der Waals surface area contributed by atoms with Gasteiger partial charge < -0.3 is 15.1 Å². The summed E-state index contributed by atoms with van der Waals surface area (Å²) in [7, 11) is 3.63. The molecule has 1 aliphatic heterocycles. The van der Waals surface area contributed by atoms with Gasteiger partial charge in [-0.3, -0.25) is 14.5 Å². The number of piperazine rings is 1. The lowest BCUT2D eigenvalue weighted by Gasteiger charge is -2.35. The maximum Gasteiger partial charge on any atom is 0.246 e. The average molecular weight is 559 g/mol. The normalized spacial score (nSPS) is 22.1. The SMILES string of the molecule is CN=C(NC1CC1c1ccc(Br)cc1)N1CCN(c2cnn(C)c2)C(=O)C1.I. The third-order valence-electron chi connectivity index (χ3n) is 5.14. The van der Waals surface area contributed by atoms with Crippen molar-refractivity contribution < 1.29 is 4.79 Å². The van der Waals surface area contributed by atoms with E-state index in [1.165, 1.54) is 5.56 Å². The van der Waals surface area contributed by atoms with Crippen LogP contribution in [-0.4, -0.2) is 59.3 Å². The Hall–Kier alpha value is -1.62. The summed E-state index contributed by atoms with van der Waals surface area (Å²) >= 11 is 3.48. The molecule has 0 bridgehead atoms. The van der Waals surface area contributed by atoms with Crippen molar-refractivity contribution in [3.8, 4) is 0 Å². The maximum absolute atomic E-state index is 12.6. The van der Waals surface area contributed by atoms with E-state index in [4.69, 9.17) is 0 Å². The van der Waals surface area contributed by atoms with Crippen LogP contribution in [0.1, 0.15) is 17.9 Å². The van der Waals surface area contributed by atoms with Gasteiger partial charge in [-0.25, -0.2) is 0 Å². The summed E-state index contributed by atoms with van der Waals surface area (Å²) in [6.45, 7) is 1.70. The monoisotopic (exact) mass is 558 g/mol. The van der Waals surface area contributed by atoms with Gasteiger partial charge >= 0.3 is 0 Å². The number of carbonyl (C=O) groups excluding carboxylic acids is 1. The van der Waals surface area contributed by atoms with Crippen molar-refractivity contribution >= 4 is 57.5 Å². The van der Waals surface area contributed by atoms with Crippen molar-refractivity contribution in [1.82, 2.24) is 20.0 Å². The summed E-state index contributed by atoms with van der Waals surface area (Å²) in [6.07, 6.45) is 4.69. The van der Waals surface area contributed by atoms with E-state index < -0.39 is 0 Å². The molecule has 2 heterocycles. The molecule has 1 saturated carbocycles. The second-order valence-electron chi connectivity index (χ2n) is 7.03. The zero-order valence-electron chi connectivity index (χ0n) is 15.9. The largest absolute Gasteiger partial charge is 0.353 e. The van der Waals surface area contributed by atoms with Crippen LogP contribution in [0.2, 0.25) is 0 Å². The highest BCUT2D eigenvalue weighted by molar-refractivity contribution is 14.0. The highest BCUT2D eigenvalue weighted by atomic mass is 127. The molecule has 0 radical (unpaired) electrons. The molecule has 2 unspecified atom stereocenters. The number of hydrogen-bond donors (Lipinski definition) is 1. The number of rotatable bonds is 3. The summed E-state index contributed by atoms with van der Waals surface area (Å²) in [5, 5.41) is 7.69. The van der Waals surface area contributed by atoms with E-state index in [0.29, 0.717) is 25.0 Å². The molecule has 1 saturated heterocycles. The molecule has 150 valence electrons. The van der Waals surface area contributed by atoms with Crippen molar-refractivity contribution in [2.24, 2.45) is 12.0 Å². The predicted octanol–water partition coefficient (Wildman–Crippen LogP) is 2.58. The fourth-order valence-corrected chi connectivity index (χ4v) is 3.83. The number of nitrogens with one attached hydrogen (secondary N) is 1.